The minimum Gasteiger partial charge on any atom is -0.396 e. The summed E-state index contributed by atoms with van der Waals surface area (Å²) < 4.78 is 0. The zero-order chi connectivity index (χ0) is 8.97. The number of likely N-dealkylation sites (tertiary alicyclic amines) is 1. The van der Waals surface area contributed by atoms with E-state index in [9.17, 15) is 4.79 Å². The minimum atomic E-state index is 0.0777. The molecule has 1 saturated heterocycles. The largest absolute Gasteiger partial charge is 0.396 e. The number of nitrogens with zero attached hydrogens (tertiary/aromatic N) is 1. The molecule has 12 heavy (non-hydrogen) atoms. The van der Waals surface area contributed by atoms with E-state index in [0.29, 0.717) is 19.0 Å². The van der Waals surface area contributed by atoms with Crippen molar-refractivity contribution in [1.29, 1.82) is 0 Å². The van der Waals surface area contributed by atoms with E-state index in [1.165, 1.54) is 0 Å². The number of rotatable bonds is 4. The van der Waals surface area contributed by atoms with E-state index in [1.807, 2.05) is 11.8 Å². The highest BCUT2D eigenvalue weighted by Crippen LogP contribution is 2.12. The number of nitrogens with one attached hydrogen (secondary N) is 1. The first-order chi connectivity index (χ1) is 5.76. The first-order valence-corrected chi connectivity index (χ1v) is 4.36. The zero-order valence-electron chi connectivity index (χ0n) is 7.42. The van der Waals surface area contributed by atoms with Crippen molar-refractivity contribution >= 4 is 5.91 Å². The fraction of sp³-hybridized carbons (Fsp3) is 0.875. The summed E-state index contributed by atoms with van der Waals surface area (Å²) in [6.07, 6.45) is 0. The third-order valence-corrected chi connectivity index (χ3v) is 2.03. The Bertz CT molecular complexity index is 155. The van der Waals surface area contributed by atoms with Gasteiger partial charge >= 0.3 is 0 Å². The maximum atomic E-state index is 11.0. The second-order valence-electron chi connectivity index (χ2n) is 3.20. The molecule has 0 aromatic rings. The number of aliphatic hydroxyl groups is 1. The van der Waals surface area contributed by atoms with Gasteiger partial charge in [-0.05, 0) is 6.92 Å². The van der Waals surface area contributed by atoms with Crippen LogP contribution in [-0.2, 0) is 4.79 Å². The Morgan fingerprint density at radius 1 is 1.67 bits per heavy atom. The lowest BCUT2D eigenvalue weighted by molar-refractivity contribution is -0.124. The highest BCUT2D eigenvalue weighted by Gasteiger charge is 2.26. The van der Waals surface area contributed by atoms with Crippen LogP contribution in [0.3, 0.4) is 0 Å². The summed E-state index contributed by atoms with van der Waals surface area (Å²) in [4.78, 5) is 13.1. The fourth-order valence-corrected chi connectivity index (χ4v) is 1.38. The molecular formula is C8H16N2O2. The molecule has 1 rings (SSSR count). The molecule has 1 heterocycles. The molecule has 0 bridgehead atoms. The predicted molar refractivity (Wildman–Crippen MR) is 45.7 cm³/mol. The van der Waals surface area contributed by atoms with Gasteiger partial charge in [0.1, 0.15) is 0 Å². The third-order valence-electron chi connectivity index (χ3n) is 2.03. The van der Waals surface area contributed by atoms with Crippen molar-refractivity contribution in [3.8, 4) is 0 Å². The summed E-state index contributed by atoms with van der Waals surface area (Å²) in [6, 6.07) is 0. The number of carbonyl (C=O) groups is 1. The first-order valence-electron chi connectivity index (χ1n) is 4.36. The number of amides is 1. The normalized spacial score (nSPS) is 18.8. The van der Waals surface area contributed by atoms with E-state index in [1.54, 1.807) is 0 Å². The van der Waals surface area contributed by atoms with E-state index < -0.39 is 0 Å². The molecule has 1 aliphatic heterocycles. The van der Waals surface area contributed by atoms with Crippen LogP contribution in [0.15, 0.2) is 0 Å². The van der Waals surface area contributed by atoms with E-state index in [2.05, 4.69) is 5.32 Å². The van der Waals surface area contributed by atoms with Crippen molar-refractivity contribution in [3.05, 3.63) is 0 Å². The van der Waals surface area contributed by atoms with Crippen molar-refractivity contribution in [2.45, 2.75) is 6.92 Å². The van der Waals surface area contributed by atoms with Gasteiger partial charge in [0.2, 0.25) is 5.91 Å². The topological polar surface area (TPSA) is 52.6 Å². The van der Waals surface area contributed by atoms with Gasteiger partial charge in [0.25, 0.3) is 0 Å². The van der Waals surface area contributed by atoms with E-state index >= 15 is 0 Å². The van der Waals surface area contributed by atoms with Gasteiger partial charge in [-0.15, -0.1) is 0 Å². The van der Waals surface area contributed by atoms with Crippen molar-refractivity contribution in [3.63, 3.8) is 0 Å². The van der Waals surface area contributed by atoms with E-state index in [-0.39, 0.29) is 12.5 Å². The van der Waals surface area contributed by atoms with Gasteiger partial charge in [0, 0.05) is 32.2 Å². The summed E-state index contributed by atoms with van der Waals surface area (Å²) in [5, 5.41) is 11.4. The summed E-state index contributed by atoms with van der Waals surface area (Å²) in [6.45, 7) is 5.03. The van der Waals surface area contributed by atoms with Crippen LogP contribution in [0.25, 0.3) is 0 Å². The van der Waals surface area contributed by atoms with Crippen molar-refractivity contribution in [2.24, 2.45) is 5.92 Å². The molecule has 4 nitrogen and oxygen atoms in total. The van der Waals surface area contributed by atoms with Crippen molar-refractivity contribution in [2.75, 3.05) is 32.8 Å². The van der Waals surface area contributed by atoms with Crippen LogP contribution >= 0.6 is 0 Å². The third kappa shape index (κ3) is 2.46. The molecule has 4 heteroatoms. The van der Waals surface area contributed by atoms with Crippen LogP contribution in [0.4, 0.5) is 0 Å². The molecule has 1 aliphatic rings. The maximum absolute atomic E-state index is 11.0. The Labute approximate surface area is 72.6 Å². The second kappa shape index (κ2) is 4.42. The summed E-state index contributed by atoms with van der Waals surface area (Å²) in [5.74, 6) is 0.466. The molecule has 0 aliphatic carbocycles. The lowest BCUT2D eigenvalue weighted by Gasteiger charge is -2.37. The number of hydrogen-bond donors (Lipinski definition) is 2. The van der Waals surface area contributed by atoms with Crippen LogP contribution in [0.2, 0.25) is 0 Å². The molecule has 70 valence electrons. The lowest BCUT2D eigenvalue weighted by atomic mass is 10.0. The van der Waals surface area contributed by atoms with Crippen LogP contribution < -0.4 is 5.32 Å². The van der Waals surface area contributed by atoms with E-state index in [4.69, 9.17) is 5.11 Å². The average Bonchev–Trinajstić information content (AvgIpc) is 1.96. The van der Waals surface area contributed by atoms with Crippen LogP contribution in [-0.4, -0.2) is 48.7 Å². The van der Waals surface area contributed by atoms with Gasteiger partial charge in [0.05, 0.1) is 6.54 Å². The maximum Gasteiger partial charge on any atom is 0.234 e. The molecule has 1 fully saturated rings. The van der Waals surface area contributed by atoms with E-state index in [0.717, 1.165) is 13.1 Å². The molecule has 0 atom stereocenters. The lowest BCUT2D eigenvalue weighted by Crippen LogP contribution is -2.51. The zero-order valence-corrected chi connectivity index (χ0v) is 7.42. The number of likely N-dealkylation sites (N-methyl/N-ethyl adjacent to an activating group) is 1. The van der Waals surface area contributed by atoms with Gasteiger partial charge in [-0.2, -0.15) is 0 Å². The van der Waals surface area contributed by atoms with Crippen molar-refractivity contribution in [1.82, 2.24) is 10.2 Å². The van der Waals surface area contributed by atoms with Crippen LogP contribution in [0, 0.1) is 5.92 Å². The first kappa shape index (κ1) is 9.48. The van der Waals surface area contributed by atoms with Crippen LogP contribution in [0.1, 0.15) is 6.92 Å². The number of aliphatic hydroxyl groups excluding tert-OH is 1. The van der Waals surface area contributed by atoms with Gasteiger partial charge in [-0.1, -0.05) is 0 Å². The molecule has 0 radical (unpaired) electrons. The Hall–Kier alpha value is -0.610. The van der Waals surface area contributed by atoms with Crippen LogP contribution in [0.5, 0.6) is 0 Å². The highest BCUT2D eigenvalue weighted by atomic mass is 16.3. The molecule has 0 saturated carbocycles. The Morgan fingerprint density at radius 3 is 2.83 bits per heavy atom. The number of hydrogen-bond acceptors (Lipinski definition) is 3. The number of carbonyl (C=O) groups excluding carboxylic acids is 1. The smallest absolute Gasteiger partial charge is 0.234 e. The average molecular weight is 172 g/mol. The highest BCUT2D eigenvalue weighted by molar-refractivity contribution is 5.78. The van der Waals surface area contributed by atoms with Gasteiger partial charge < -0.3 is 10.4 Å². The SMILES string of the molecule is CCNC(=O)CN1CC(CO)C1. The molecule has 1 amide bonds. The molecule has 2 N–H and O–H groups in total. The summed E-state index contributed by atoms with van der Waals surface area (Å²) in [7, 11) is 0. The summed E-state index contributed by atoms with van der Waals surface area (Å²) >= 11 is 0. The Kier molecular flexibility index (Phi) is 3.49. The Morgan fingerprint density at radius 2 is 2.33 bits per heavy atom. The summed E-state index contributed by atoms with van der Waals surface area (Å²) in [5.41, 5.74) is 0. The van der Waals surface area contributed by atoms with Gasteiger partial charge in [-0.25, -0.2) is 0 Å². The van der Waals surface area contributed by atoms with Gasteiger partial charge in [-0.3, -0.25) is 9.69 Å². The molecule has 0 unspecified atom stereocenters. The predicted octanol–water partition coefficient (Wildman–Crippen LogP) is -0.953. The molecule has 0 aromatic heterocycles. The minimum absolute atomic E-state index is 0.0777. The Balaban J connectivity index is 2.06. The molecule has 0 spiro atoms. The van der Waals surface area contributed by atoms with Crippen molar-refractivity contribution < 1.29 is 9.90 Å². The standard InChI is InChI=1S/C8H16N2O2/c1-2-9-8(12)5-10-3-7(4-10)6-11/h7,11H,2-6H2,1H3,(H,9,12). The second-order valence-corrected chi connectivity index (χ2v) is 3.20. The van der Waals surface area contributed by atoms with Gasteiger partial charge in [0.15, 0.2) is 0 Å². The fourth-order valence-electron chi connectivity index (χ4n) is 1.38. The molecular weight excluding hydrogens is 156 g/mol. The molecule has 0 aromatic carbocycles. The quantitative estimate of drug-likeness (QED) is 0.574. The monoisotopic (exact) mass is 172 g/mol.